The van der Waals surface area contributed by atoms with E-state index >= 15 is 0 Å². The Hall–Kier alpha value is -0.680. The number of hydrogen-bond donors (Lipinski definition) is 1. The molecule has 0 aromatic heterocycles. The van der Waals surface area contributed by atoms with Crippen molar-refractivity contribution >= 4 is 23.1 Å². The Morgan fingerprint density at radius 3 is 2.10 bits per heavy atom. The van der Waals surface area contributed by atoms with Gasteiger partial charge in [-0.3, -0.25) is 9.69 Å². The van der Waals surface area contributed by atoms with Gasteiger partial charge in [0.25, 0.3) is 0 Å². The lowest BCUT2D eigenvalue weighted by molar-refractivity contribution is -0.143. The molecule has 0 radical (unpaired) electrons. The maximum atomic E-state index is 12.7. The highest BCUT2D eigenvalue weighted by atomic mass is 32.1. The third kappa shape index (κ3) is 2.84. The summed E-state index contributed by atoms with van der Waals surface area (Å²) in [6.07, 6.45) is 4.47. The van der Waals surface area contributed by atoms with Crippen LogP contribution in [0.4, 0.5) is 0 Å². The molecule has 4 nitrogen and oxygen atoms in total. The monoisotopic (exact) mass is 297 g/mol. The van der Waals surface area contributed by atoms with Crippen LogP contribution >= 0.6 is 12.2 Å². The van der Waals surface area contributed by atoms with Crippen molar-refractivity contribution in [1.82, 2.24) is 9.80 Å². The molecule has 0 unspecified atom stereocenters. The normalized spacial score (nSPS) is 23.9. The molecule has 2 aliphatic rings. The first-order valence-electron chi connectivity index (χ1n) is 7.62. The number of piperazine rings is 1. The lowest BCUT2D eigenvalue weighted by Crippen LogP contribution is -2.60. The number of nitrogens with two attached hydrogens (primary N) is 1. The molecule has 0 aromatic rings. The van der Waals surface area contributed by atoms with Crippen molar-refractivity contribution in [2.24, 2.45) is 11.1 Å². The summed E-state index contributed by atoms with van der Waals surface area (Å²) in [5.74, 6) is 0.350. The molecule has 0 aromatic carbocycles. The molecule has 1 amide bonds. The van der Waals surface area contributed by atoms with E-state index in [9.17, 15) is 4.79 Å². The highest BCUT2D eigenvalue weighted by molar-refractivity contribution is 7.80. The van der Waals surface area contributed by atoms with Crippen molar-refractivity contribution in [2.45, 2.75) is 52.0 Å². The van der Waals surface area contributed by atoms with E-state index in [1.54, 1.807) is 0 Å². The van der Waals surface area contributed by atoms with E-state index in [1.165, 1.54) is 12.8 Å². The Morgan fingerprint density at radius 1 is 1.15 bits per heavy atom. The Balaban J connectivity index is 1.94. The maximum absolute atomic E-state index is 12.7. The van der Waals surface area contributed by atoms with Gasteiger partial charge in [-0.25, -0.2) is 0 Å². The molecule has 2 N–H and O–H groups in total. The molecular weight excluding hydrogens is 270 g/mol. The Morgan fingerprint density at radius 2 is 1.65 bits per heavy atom. The predicted molar refractivity (Wildman–Crippen MR) is 85.6 cm³/mol. The average Bonchev–Trinajstić information content (AvgIpc) is 2.86. The number of thiocarbonyl (C=S) groups is 1. The quantitative estimate of drug-likeness (QED) is 0.807. The second kappa shape index (κ2) is 5.60. The number of nitrogens with zero attached hydrogens (tertiary/aromatic N) is 2. The lowest BCUT2D eigenvalue weighted by atomic mass is 9.87. The van der Waals surface area contributed by atoms with E-state index in [4.69, 9.17) is 18.0 Å². The SMILES string of the molecule is CC1(C(=O)N2CCN(C(C)(C)C(N)=S)CC2)CCCC1. The van der Waals surface area contributed by atoms with E-state index in [0.717, 1.165) is 39.0 Å². The number of carbonyl (C=O) groups excluding carboxylic acids is 1. The lowest BCUT2D eigenvalue weighted by Gasteiger charge is -2.44. The fourth-order valence-corrected chi connectivity index (χ4v) is 3.50. The van der Waals surface area contributed by atoms with Crippen LogP contribution in [0.1, 0.15) is 46.5 Å². The van der Waals surface area contributed by atoms with Crippen LogP contribution in [-0.4, -0.2) is 52.4 Å². The maximum Gasteiger partial charge on any atom is 0.228 e. The van der Waals surface area contributed by atoms with Crippen LogP contribution in [0.3, 0.4) is 0 Å². The fraction of sp³-hybridized carbons (Fsp3) is 0.867. The number of amides is 1. The highest BCUT2D eigenvalue weighted by Crippen LogP contribution is 2.39. The predicted octanol–water partition coefficient (Wildman–Crippen LogP) is 1.78. The molecule has 1 aliphatic carbocycles. The van der Waals surface area contributed by atoms with E-state index in [0.29, 0.717) is 10.9 Å². The molecule has 1 saturated heterocycles. The van der Waals surface area contributed by atoms with Gasteiger partial charge in [0, 0.05) is 31.6 Å². The summed E-state index contributed by atoms with van der Waals surface area (Å²) in [4.78, 5) is 17.5. The van der Waals surface area contributed by atoms with Crippen molar-refractivity contribution < 1.29 is 4.79 Å². The van der Waals surface area contributed by atoms with Crippen molar-refractivity contribution in [3.05, 3.63) is 0 Å². The summed E-state index contributed by atoms with van der Waals surface area (Å²) >= 11 is 5.15. The highest BCUT2D eigenvalue weighted by Gasteiger charge is 2.41. The summed E-state index contributed by atoms with van der Waals surface area (Å²) in [5.41, 5.74) is 5.45. The zero-order valence-corrected chi connectivity index (χ0v) is 13.8. The first-order valence-corrected chi connectivity index (χ1v) is 8.02. The van der Waals surface area contributed by atoms with Crippen molar-refractivity contribution in [3.63, 3.8) is 0 Å². The van der Waals surface area contributed by atoms with E-state index in [2.05, 4.69) is 25.7 Å². The molecule has 1 heterocycles. The van der Waals surface area contributed by atoms with Gasteiger partial charge in [0.1, 0.15) is 0 Å². The molecule has 0 atom stereocenters. The minimum absolute atomic E-state index is 0.110. The van der Waals surface area contributed by atoms with Crippen LogP contribution in [0.2, 0.25) is 0 Å². The molecule has 2 fully saturated rings. The smallest absolute Gasteiger partial charge is 0.228 e. The van der Waals surface area contributed by atoms with Gasteiger partial charge in [0.15, 0.2) is 0 Å². The Kier molecular flexibility index (Phi) is 4.40. The van der Waals surface area contributed by atoms with Gasteiger partial charge in [0.2, 0.25) is 5.91 Å². The number of hydrogen-bond acceptors (Lipinski definition) is 3. The van der Waals surface area contributed by atoms with Gasteiger partial charge < -0.3 is 10.6 Å². The number of carbonyl (C=O) groups is 1. The Labute approximate surface area is 127 Å². The largest absolute Gasteiger partial charge is 0.392 e. The van der Waals surface area contributed by atoms with Crippen LogP contribution in [0.5, 0.6) is 0 Å². The van der Waals surface area contributed by atoms with E-state index in [1.807, 2.05) is 4.90 Å². The third-order valence-electron chi connectivity index (χ3n) is 5.18. The first kappa shape index (κ1) is 15.7. The summed E-state index contributed by atoms with van der Waals surface area (Å²) in [6, 6.07) is 0. The van der Waals surface area contributed by atoms with Gasteiger partial charge in [-0.1, -0.05) is 32.0 Å². The number of rotatable bonds is 3. The molecule has 5 heteroatoms. The van der Waals surface area contributed by atoms with E-state index in [-0.39, 0.29) is 11.0 Å². The van der Waals surface area contributed by atoms with Crippen LogP contribution < -0.4 is 5.73 Å². The fourth-order valence-electron chi connectivity index (χ4n) is 3.38. The molecule has 1 saturated carbocycles. The minimum atomic E-state index is -0.262. The van der Waals surface area contributed by atoms with Crippen LogP contribution in [0.15, 0.2) is 0 Å². The average molecular weight is 297 g/mol. The molecule has 0 spiro atoms. The van der Waals surface area contributed by atoms with Crippen LogP contribution in [0.25, 0.3) is 0 Å². The van der Waals surface area contributed by atoms with Gasteiger partial charge in [0.05, 0.1) is 10.5 Å². The summed E-state index contributed by atoms with van der Waals surface area (Å²) < 4.78 is 0. The minimum Gasteiger partial charge on any atom is -0.392 e. The summed E-state index contributed by atoms with van der Waals surface area (Å²) in [5, 5.41) is 0. The second-order valence-electron chi connectivity index (χ2n) is 6.97. The van der Waals surface area contributed by atoms with E-state index < -0.39 is 0 Å². The first-order chi connectivity index (χ1) is 9.27. The van der Waals surface area contributed by atoms with Crippen LogP contribution in [0, 0.1) is 5.41 Å². The zero-order chi connectivity index (χ0) is 15.0. The summed E-state index contributed by atoms with van der Waals surface area (Å²) in [6.45, 7) is 9.54. The molecule has 114 valence electrons. The second-order valence-corrected chi connectivity index (χ2v) is 7.41. The molecule has 2 rings (SSSR count). The van der Waals surface area contributed by atoms with Gasteiger partial charge in [-0.15, -0.1) is 0 Å². The standard InChI is InChI=1S/C15H27N3OS/c1-14(2,12(16)20)18-10-8-17(9-11-18)13(19)15(3)6-4-5-7-15/h4-11H2,1-3H3,(H2,16,20). The Bertz CT molecular complexity index is 394. The zero-order valence-electron chi connectivity index (χ0n) is 12.9. The van der Waals surface area contributed by atoms with Crippen molar-refractivity contribution in [3.8, 4) is 0 Å². The van der Waals surface area contributed by atoms with Crippen molar-refractivity contribution in [1.29, 1.82) is 0 Å². The van der Waals surface area contributed by atoms with Gasteiger partial charge in [-0.2, -0.15) is 0 Å². The van der Waals surface area contributed by atoms with Crippen LogP contribution in [-0.2, 0) is 4.79 Å². The molecule has 20 heavy (non-hydrogen) atoms. The summed E-state index contributed by atoms with van der Waals surface area (Å²) in [7, 11) is 0. The van der Waals surface area contributed by atoms with Crippen molar-refractivity contribution in [2.75, 3.05) is 26.2 Å². The third-order valence-corrected chi connectivity index (χ3v) is 5.68. The topological polar surface area (TPSA) is 49.6 Å². The molecular formula is C15H27N3OS. The molecule has 0 bridgehead atoms. The molecule has 1 aliphatic heterocycles. The van der Waals surface area contributed by atoms with Gasteiger partial charge >= 0.3 is 0 Å². The van der Waals surface area contributed by atoms with Gasteiger partial charge in [-0.05, 0) is 26.7 Å².